The zero-order valence-corrected chi connectivity index (χ0v) is 27.3. The van der Waals surface area contributed by atoms with Gasteiger partial charge in [-0.25, -0.2) is 0 Å². The maximum absolute atomic E-state index is 10.7. The summed E-state index contributed by atoms with van der Waals surface area (Å²) in [5.74, 6) is -0.606. The second-order valence-electron chi connectivity index (χ2n) is 11.6. The number of hydrogen-bond donors (Lipinski definition) is 6. The van der Waals surface area contributed by atoms with Crippen LogP contribution in [0.5, 0.6) is 11.5 Å². The smallest absolute Gasteiger partial charge is 0.306 e. The van der Waals surface area contributed by atoms with Crippen LogP contribution in [0, 0.1) is 13.8 Å². The quantitative estimate of drug-likeness (QED) is 0.0767. The van der Waals surface area contributed by atoms with Crippen LogP contribution in [0.15, 0.2) is 84.9 Å². The lowest BCUT2D eigenvalue weighted by Crippen LogP contribution is -2.31. The van der Waals surface area contributed by atoms with Gasteiger partial charge in [0, 0.05) is 26.2 Å². The number of hydrogen-bond acceptors (Lipinski definition) is 8. The van der Waals surface area contributed by atoms with Crippen LogP contribution in [0.25, 0.3) is 33.4 Å². The predicted molar refractivity (Wildman–Crippen MR) is 185 cm³/mol. The molecule has 0 amide bonds. The third-order valence-electron chi connectivity index (χ3n) is 7.96. The molecule has 2 atom stereocenters. The van der Waals surface area contributed by atoms with Gasteiger partial charge in [-0.1, -0.05) is 60.7 Å². The van der Waals surface area contributed by atoms with Crippen molar-refractivity contribution in [3.63, 3.8) is 0 Å². The normalized spacial score (nSPS) is 12.3. The average Bonchev–Trinajstić information content (AvgIpc) is 3.05. The molecule has 10 nitrogen and oxygen atoms in total. The van der Waals surface area contributed by atoms with Crippen LogP contribution in [0.2, 0.25) is 0 Å². The number of carbonyl (C=O) groups is 2. The van der Waals surface area contributed by atoms with Gasteiger partial charge in [0.25, 0.3) is 0 Å². The van der Waals surface area contributed by atoms with Gasteiger partial charge in [0.05, 0.1) is 25.0 Å². The standard InChI is InChI=1S/C38H44N2O8/c1-25-33(27-9-13-31(14-10-27)47-19-17-39-23-29(41)21-37(43)44)5-3-7-35(25)36-8-4-6-34(26(36)2)28-11-15-32(16-12-28)48-20-18-40-24-30(42)22-38(45)46/h3-16,29-30,39-42H,17-24H2,1-2H3,(H,43,44)(H,45,46). The molecule has 6 N–H and O–H groups in total. The molecule has 0 aromatic heterocycles. The number of aliphatic carboxylic acids is 2. The zero-order chi connectivity index (χ0) is 34.5. The third kappa shape index (κ3) is 10.6. The summed E-state index contributed by atoms with van der Waals surface area (Å²) in [6.45, 7) is 6.41. The molecule has 48 heavy (non-hydrogen) atoms. The van der Waals surface area contributed by atoms with Crippen molar-refractivity contribution in [3.05, 3.63) is 96.1 Å². The summed E-state index contributed by atoms with van der Waals surface area (Å²) in [5, 5.41) is 42.7. The molecule has 4 aromatic rings. The summed E-state index contributed by atoms with van der Waals surface area (Å²) < 4.78 is 11.6. The minimum absolute atomic E-state index is 0.195. The zero-order valence-electron chi connectivity index (χ0n) is 27.3. The molecule has 2 unspecified atom stereocenters. The van der Waals surface area contributed by atoms with Crippen molar-refractivity contribution in [2.75, 3.05) is 39.4 Å². The Morgan fingerprint density at radius 2 is 0.938 bits per heavy atom. The molecule has 0 saturated carbocycles. The van der Waals surface area contributed by atoms with E-state index in [9.17, 15) is 19.8 Å². The fraction of sp³-hybridized carbons (Fsp3) is 0.316. The van der Waals surface area contributed by atoms with Crippen molar-refractivity contribution in [2.24, 2.45) is 0 Å². The fourth-order valence-corrected chi connectivity index (χ4v) is 5.51. The molecule has 0 heterocycles. The van der Waals surface area contributed by atoms with Crippen LogP contribution >= 0.6 is 0 Å². The molecular formula is C38H44N2O8. The number of aliphatic hydroxyl groups excluding tert-OH is 2. The molecule has 0 spiro atoms. The van der Waals surface area contributed by atoms with Gasteiger partial charge >= 0.3 is 11.9 Å². The van der Waals surface area contributed by atoms with Crippen molar-refractivity contribution >= 4 is 11.9 Å². The summed E-state index contributed by atoms with van der Waals surface area (Å²) in [7, 11) is 0. The molecule has 0 aliphatic rings. The number of carboxylic acids is 2. The van der Waals surface area contributed by atoms with Crippen LogP contribution in [-0.4, -0.2) is 84.0 Å². The van der Waals surface area contributed by atoms with Gasteiger partial charge in [0.1, 0.15) is 24.7 Å². The highest BCUT2D eigenvalue weighted by atomic mass is 16.5. The van der Waals surface area contributed by atoms with Gasteiger partial charge in [-0.2, -0.15) is 0 Å². The first-order valence-electron chi connectivity index (χ1n) is 16.0. The largest absolute Gasteiger partial charge is 0.492 e. The average molecular weight is 657 g/mol. The number of rotatable bonds is 19. The maximum atomic E-state index is 10.7. The van der Waals surface area contributed by atoms with E-state index in [-0.39, 0.29) is 25.9 Å². The Morgan fingerprint density at radius 1 is 0.583 bits per heavy atom. The van der Waals surface area contributed by atoms with E-state index in [0.29, 0.717) is 26.3 Å². The van der Waals surface area contributed by atoms with Crippen molar-refractivity contribution in [1.29, 1.82) is 0 Å². The highest BCUT2D eigenvalue weighted by Gasteiger charge is 2.14. The van der Waals surface area contributed by atoms with E-state index in [0.717, 1.165) is 44.9 Å². The van der Waals surface area contributed by atoms with Gasteiger partial charge in [-0.3, -0.25) is 9.59 Å². The lowest BCUT2D eigenvalue weighted by molar-refractivity contribution is -0.140. The topological polar surface area (TPSA) is 158 Å². The molecule has 0 radical (unpaired) electrons. The lowest BCUT2D eigenvalue weighted by atomic mass is 9.88. The van der Waals surface area contributed by atoms with E-state index in [1.165, 1.54) is 11.1 Å². The number of nitrogens with one attached hydrogen (secondary N) is 2. The number of ether oxygens (including phenoxy) is 2. The molecule has 254 valence electrons. The predicted octanol–water partition coefficient (Wildman–Crippen LogP) is 4.91. The van der Waals surface area contributed by atoms with Crippen molar-refractivity contribution in [3.8, 4) is 44.9 Å². The van der Waals surface area contributed by atoms with E-state index in [1.807, 2.05) is 48.5 Å². The van der Waals surface area contributed by atoms with Crippen LogP contribution in [0.3, 0.4) is 0 Å². The molecule has 0 bridgehead atoms. The molecule has 10 heteroatoms. The van der Waals surface area contributed by atoms with E-state index in [4.69, 9.17) is 19.7 Å². The lowest BCUT2D eigenvalue weighted by Gasteiger charge is -2.17. The molecule has 0 aliphatic heterocycles. The van der Waals surface area contributed by atoms with E-state index in [1.54, 1.807) is 0 Å². The SMILES string of the molecule is Cc1c(-c2ccc(OCCNCC(O)CC(=O)O)cc2)cccc1-c1cccc(-c2ccc(OCCNCC(O)CC(=O)O)cc2)c1C. The van der Waals surface area contributed by atoms with Crippen LogP contribution in [-0.2, 0) is 9.59 Å². The van der Waals surface area contributed by atoms with E-state index in [2.05, 4.69) is 60.9 Å². The molecule has 0 aliphatic carbocycles. The van der Waals surface area contributed by atoms with Crippen molar-refractivity contribution in [1.82, 2.24) is 10.6 Å². The van der Waals surface area contributed by atoms with E-state index < -0.39 is 24.1 Å². The minimum Gasteiger partial charge on any atom is -0.492 e. The summed E-state index contributed by atoms with van der Waals surface area (Å²) in [4.78, 5) is 21.3. The Bertz CT molecular complexity index is 1520. The summed E-state index contributed by atoms with van der Waals surface area (Å²) in [6, 6.07) is 28.6. The van der Waals surface area contributed by atoms with Gasteiger partial charge in [-0.05, 0) is 82.6 Å². The molecular weight excluding hydrogens is 612 g/mol. The van der Waals surface area contributed by atoms with Gasteiger partial charge in [0.2, 0.25) is 0 Å². The van der Waals surface area contributed by atoms with Crippen LogP contribution in [0.1, 0.15) is 24.0 Å². The first kappa shape index (κ1) is 36.1. The van der Waals surface area contributed by atoms with Gasteiger partial charge < -0.3 is 40.5 Å². The van der Waals surface area contributed by atoms with Gasteiger partial charge in [-0.15, -0.1) is 0 Å². The van der Waals surface area contributed by atoms with Crippen molar-refractivity contribution < 1.29 is 39.5 Å². The summed E-state index contributed by atoms with van der Waals surface area (Å²) >= 11 is 0. The summed E-state index contributed by atoms with van der Waals surface area (Å²) in [5.41, 5.74) is 9.07. The highest BCUT2D eigenvalue weighted by molar-refractivity contribution is 5.83. The number of benzene rings is 4. The molecule has 4 rings (SSSR count). The second-order valence-corrected chi connectivity index (χ2v) is 11.6. The number of aliphatic hydroxyl groups is 2. The Balaban J connectivity index is 1.36. The van der Waals surface area contributed by atoms with Crippen LogP contribution < -0.4 is 20.1 Å². The fourth-order valence-electron chi connectivity index (χ4n) is 5.51. The van der Waals surface area contributed by atoms with Crippen molar-refractivity contribution in [2.45, 2.75) is 38.9 Å². The van der Waals surface area contributed by atoms with E-state index >= 15 is 0 Å². The van der Waals surface area contributed by atoms with Gasteiger partial charge in [0.15, 0.2) is 0 Å². The Morgan fingerprint density at radius 3 is 1.29 bits per heavy atom. The minimum atomic E-state index is -1.03. The monoisotopic (exact) mass is 656 g/mol. The summed E-state index contributed by atoms with van der Waals surface area (Å²) in [6.07, 6.45) is -2.44. The highest BCUT2D eigenvalue weighted by Crippen LogP contribution is 2.37. The first-order valence-corrected chi connectivity index (χ1v) is 16.0. The molecule has 0 saturated heterocycles. The van der Waals surface area contributed by atoms with Crippen LogP contribution in [0.4, 0.5) is 0 Å². The Labute approximate surface area is 281 Å². The Hall–Kier alpha value is -4.74. The first-order chi connectivity index (χ1) is 23.1. The molecule has 4 aromatic carbocycles. The third-order valence-corrected chi connectivity index (χ3v) is 7.96. The maximum Gasteiger partial charge on any atom is 0.306 e. The Kier molecular flexibility index (Phi) is 13.5. The molecule has 0 fully saturated rings. The number of carboxylic acid groups (broad SMARTS) is 2. The second kappa shape index (κ2) is 18.0.